The summed E-state index contributed by atoms with van der Waals surface area (Å²) in [7, 11) is 0. The van der Waals surface area contributed by atoms with Crippen LogP contribution >= 0.6 is 0 Å². The van der Waals surface area contributed by atoms with Crippen LogP contribution < -0.4 is 10.6 Å². The van der Waals surface area contributed by atoms with Crippen molar-refractivity contribution in [2.24, 2.45) is 0 Å². The molecule has 1 fully saturated rings. The molecule has 5 rings (SSSR count). The van der Waals surface area contributed by atoms with Crippen LogP contribution in [0.5, 0.6) is 0 Å². The van der Waals surface area contributed by atoms with Gasteiger partial charge < -0.3 is 10.6 Å². The molecule has 0 aliphatic carbocycles. The van der Waals surface area contributed by atoms with Crippen molar-refractivity contribution >= 4 is 34.4 Å². The van der Waals surface area contributed by atoms with Gasteiger partial charge in [-0.1, -0.05) is 81.4 Å². The van der Waals surface area contributed by atoms with Gasteiger partial charge in [-0.2, -0.15) is 5.10 Å². The lowest BCUT2D eigenvalue weighted by atomic mass is 9.88. The Morgan fingerprint density at radius 1 is 0.973 bits per heavy atom. The summed E-state index contributed by atoms with van der Waals surface area (Å²) in [5, 5.41) is 12.2. The summed E-state index contributed by atoms with van der Waals surface area (Å²) >= 11 is 0. The summed E-state index contributed by atoms with van der Waals surface area (Å²) in [6, 6.07) is 24.0. The largest absolute Gasteiger partial charge is 0.325 e. The van der Waals surface area contributed by atoms with E-state index in [2.05, 4.69) is 10.6 Å². The lowest BCUT2D eigenvalue weighted by Gasteiger charge is -2.24. The SMILES string of the molecule is CC(C)(C)c1cc(NC(=O)CN2C(=O)NC(C)(c3cccc4ccccc34)C2=O)n(-c2ccccc2)n1. The molecule has 0 bridgehead atoms. The maximum Gasteiger partial charge on any atom is 0.325 e. The average Bonchev–Trinajstić information content (AvgIpc) is 3.39. The smallest absolute Gasteiger partial charge is 0.319 e. The number of urea groups is 1. The molecule has 0 radical (unpaired) electrons. The molecule has 1 aliphatic heterocycles. The molecule has 188 valence electrons. The van der Waals surface area contributed by atoms with E-state index in [4.69, 9.17) is 5.10 Å². The van der Waals surface area contributed by atoms with Crippen molar-refractivity contribution in [3.05, 3.63) is 90.1 Å². The van der Waals surface area contributed by atoms with Crippen molar-refractivity contribution in [1.29, 1.82) is 0 Å². The number of carbonyl (C=O) groups excluding carboxylic acids is 3. The first-order valence-electron chi connectivity index (χ1n) is 12.2. The summed E-state index contributed by atoms with van der Waals surface area (Å²) in [6.07, 6.45) is 0. The second-order valence-corrected chi connectivity index (χ2v) is 10.4. The van der Waals surface area contributed by atoms with E-state index < -0.39 is 29.9 Å². The van der Waals surface area contributed by atoms with Gasteiger partial charge in [0, 0.05) is 11.5 Å². The number of hydrogen-bond donors (Lipinski definition) is 2. The highest BCUT2D eigenvalue weighted by molar-refractivity contribution is 6.11. The summed E-state index contributed by atoms with van der Waals surface area (Å²) in [5.41, 5.74) is 0.731. The molecule has 0 saturated carbocycles. The quantitative estimate of drug-likeness (QED) is 0.391. The lowest BCUT2D eigenvalue weighted by molar-refractivity contribution is -0.133. The number of fused-ring (bicyclic) bond motifs is 1. The molecule has 1 saturated heterocycles. The molecule has 4 amide bonds. The van der Waals surface area contributed by atoms with Gasteiger partial charge in [-0.3, -0.25) is 14.5 Å². The predicted molar refractivity (Wildman–Crippen MR) is 142 cm³/mol. The third kappa shape index (κ3) is 4.35. The molecule has 1 aliphatic rings. The second-order valence-electron chi connectivity index (χ2n) is 10.4. The Hall–Kier alpha value is -4.46. The third-order valence-corrected chi connectivity index (χ3v) is 6.65. The number of carbonyl (C=O) groups is 3. The molecular weight excluding hydrogens is 466 g/mol. The predicted octanol–water partition coefficient (Wildman–Crippen LogP) is 4.73. The van der Waals surface area contributed by atoms with Crippen molar-refractivity contribution in [2.75, 3.05) is 11.9 Å². The zero-order valence-corrected chi connectivity index (χ0v) is 21.3. The molecule has 3 aromatic carbocycles. The molecule has 1 atom stereocenters. The van der Waals surface area contributed by atoms with Crippen molar-refractivity contribution < 1.29 is 14.4 Å². The second kappa shape index (κ2) is 8.89. The molecule has 2 N–H and O–H groups in total. The topological polar surface area (TPSA) is 96.3 Å². The highest BCUT2D eigenvalue weighted by Gasteiger charge is 2.50. The molecule has 1 aromatic heterocycles. The summed E-state index contributed by atoms with van der Waals surface area (Å²) in [4.78, 5) is 40.6. The van der Waals surface area contributed by atoms with E-state index in [9.17, 15) is 14.4 Å². The first-order valence-corrected chi connectivity index (χ1v) is 12.2. The maximum atomic E-state index is 13.5. The minimum Gasteiger partial charge on any atom is -0.319 e. The van der Waals surface area contributed by atoms with E-state index in [0.717, 1.165) is 27.1 Å². The van der Waals surface area contributed by atoms with Crippen LogP contribution in [0.2, 0.25) is 0 Å². The summed E-state index contributed by atoms with van der Waals surface area (Å²) in [5.74, 6) is -0.510. The molecule has 4 aromatic rings. The van der Waals surface area contributed by atoms with E-state index in [1.165, 1.54) is 0 Å². The maximum absolute atomic E-state index is 13.5. The monoisotopic (exact) mass is 495 g/mol. The zero-order valence-electron chi connectivity index (χ0n) is 21.3. The van der Waals surface area contributed by atoms with E-state index in [1.54, 1.807) is 11.6 Å². The number of hydrogen-bond acceptors (Lipinski definition) is 4. The molecule has 8 heteroatoms. The van der Waals surface area contributed by atoms with Gasteiger partial charge in [0.1, 0.15) is 17.9 Å². The number of para-hydroxylation sites is 1. The van der Waals surface area contributed by atoms with Crippen LogP contribution in [0.3, 0.4) is 0 Å². The Morgan fingerprint density at radius 3 is 2.38 bits per heavy atom. The van der Waals surface area contributed by atoms with E-state index in [-0.39, 0.29) is 5.41 Å². The Labute approximate surface area is 215 Å². The number of rotatable bonds is 5. The van der Waals surface area contributed by atoms with Crippen molar-refractivity contribution in [1.82, 2.24) is 20.0 Å². The molecule has 0 spiro atoms. The Balaban J connectivity index is 1.41. The van der Waals surface area contributed by atoms with Crippen LogP contribution in [0.25, 0.3) is 16.5 Å². The number of benzene rings is 3. The van der Waals surface area contributed by atoms with Crippen LogP contribution in [0.4, 0.5) is 10.6 Å². The average molecular weight is 496 g/mol. The van der Waals surface area contributed by atoms with E-state index in [1.807, 2.05) is 99.6 Å². The van der Waals surface area contributed by atoms with Crippen LogP contribution in [-0.2, 0) is 20.5 Å². The van der Waals surface area contributed by atoms with Gasteiger partial charge in [-0.15, -0.1) is 0 Å². The van der Waals surface area contributed by atoms with Crippen LogP contribution in [0, 0.1) is 0 Å². The first kappa shape index (κ1) is 24.2. The number of aromatic nitrogens is 2. The molecule has 8 nitrogen and oxygen atoms in total. The van der Waals surface area contributed by atoms with Crippen LogP contribution in [0.15, 0.2) is 78.9 Å². The highest BCUT2D eigenvalue weighted by atomic mass is 16.2. The van der Waals surface area contributed by atoms with Gasteiger partial charge in [0.05, 0.1) is 11.4 Å². The Morgan fingerprint density at radius 2 is 1.65 bits per heavy atom. The standard InChI is InChI=1S/C29H29N5O3/c1-28(2,3)23-17-24(34(32-23)20-13-6-5-7-14-20)30-25(35)18-33-26(36)29(4,31-27(33)37)22-16-10-12-19-11-8-9-15-21(19)22/h5-17H,18H2,1-4H3,(H,30,35)(H,31,37). The van der Waals surface area contributed by atoms with Gasteiger partial charge in [0.2, 0.25) is 5.91 Å². The fourth-order valence-corrected chi connectivity index (χ4v) is 4.61. The molecule has 37 heavy (non-hydrogen) atoms. The third-order valence-electron chi connectivity index (χ3n) is 6.65. The van der Waals surface area contributed by atoms with Crippen LogP contribution in [0.1, 0.15) is 39.0 Å². The van der Waals surface area contributed by atoms with E-state index in [0.29, 0.717) is 11.4 Å². The molecule has 2 heterocycles. The number of imide groups is 1. The molecular formula is C29H29N5O3. The molecule has 1 unspecified atom stereocenters. The van der Waals surface area contributed by atoms with Gasteiger partial charge >= 0.3 is 6.03 Å². The van der Waals surface area contributed by atoms with Gasteiger partial charge in [0.25, 0.3) is 5.91 Å². The van der Waals surface area contributed by atoms with Crippen LogP contribution in [-0.4, -0.2) is 39.1 Å². The van der Waals surface area contributed by atoms with Gasteiger partial charge in [-0.25, -0.2) is 9.48 Å². The van der Waals surface area contributed by atoms with Crippen molar-refractivity contribution in [2.45, 2.75) is 38.6 Å². The highest BCUT2D eigenvalue weighted by Crippen LogP contribution is 2.34. The van der Waals surface area contributed by atoms with Crippen molar-refractivity contribution in [3.8, 4) is 5.69 Å². The zero-order chi connectivity index (χ0) is 26.4. The van der Waals surface area contributed by atoms with Gasteiger partial charge in [0.15, 0.2) is 0 Å². The normalized spacial score (nSPS) is 17.8. The Kier molecular flexibility index (Phi) is 5.82. The number of amides is 4. The minimum atomic E-state index is -1.29. The minimum absolute atomic E-state index is 0.245. The fraction of sp³-hybridized carbons (Fsp3) is 0.241. The van der Waals surface area contributed by atoms with Crippen molar-refractivity contribution in [3.63, 3.8) is 0 Å². The fourth-order valence-electron chi connectivity index (χ4n) is 4.61. The summed E-state index contributed by atoms with van der Waals surface area (Å²) in [6.45, 7) is 7.37. The summed E-state index contributed by atoms with van der Waals surface area (Å²) < 4.78 is 1.66. The lowest BCUT2D eigenvalue weighted by Crippen LogP contribution is -2.42. The first-order chi connectivity index (χ1) is 17.6. The number of anilines is 1. The Bertz CT molecular complexity index is 1510. The van der Waals surface area contributed by atoms with Gasteiger partial charge in [-0.05, 0) is 35.4 Å². The number of nitrogens with zero attached hydrogens (tertiary/aromatic N) is 3. The number of nitrogens with one attached hydrogen (secondary N) is 2. The van der Waals surface area contributed by atoms with E-state index >= 15 is 0 Å².